The molecular formula is C13H13N5OS2. The van der Waals surface area contributed by atoms with E-state index >= 15 is 0 Å². The fourth-order valence-corrected chi connectivity index (χ4v) is 2.98. The standard InChI is InChI=1S/C13H13N5OS2/c1-2-18-5-9(3-11-7-20-16-14-11)13(19)10(6-18)4-12-8-21-17-15-12/h3-4,7-8H,2,5-6H2,1H3/b9-3-,10-4-. The summed E-state index contributed by atoms with van der Waals surface area (Å²) in [5.41, 5.74) is 2.95. The third-order valence-electron chi connectivity index (χ3n) is 3.22. The van der Waals surface area contributed by atoms with E-state index in [0.717, 1.165) is 29.1 Å². The molecule has 0 aromatic carbocycles. The van der Waals surface area contributed by atoms with E-state index in [1.165, 1.54) is 23.1 Å². The summed E-state index contributed by atoms with van der Waals surface area (Å²) in [6, 6.07) is 0. The van der Waals surface area contributed by atoms with Crippen LogP contribution in [0.15, 0.2) is 21.9 Å². The first-order valence-corrected chi connectivity index (χ1v) is 8.16. The predicted octanol–water partition coefficient (Wildman–Crippen LogP) is 1.76. The molecule has 0 radical (unpaired) electrons. The second-order valence-corrected chi connectivity index (χ2v) is 5.85. The third-order valence-corrected chi connectivity index (χ3v) is 4.26. The highest BCUT2D eigenvalue weighted by Gasteiger charge is 2.25. The number of hydrogen-bond acceptors (Lipinski definition) is 8. The van der Waals surface area contributed by atoms with Gasteiger partial charge in [0.05, 0.1) is 11.4 Å². The number of nitrogens with zero attached hydrogens (tertiary/aromatic N) is 5. The average Bonchev–Trinajstić information content (AvgIpc) is 3.16. The summed E-state index contributed by atoms with van der Waals surface area (Å²) in [7, 11) is 0. The van der Waals surface area contributed by atoms with Gasteiger partial charge in [0.2, 0.25) is 0 Å². The highest BCUT2D eigenvalue weighted by atomic mass is 32.1. The van der Waals surface area contributed by atoms with Gasteiger partial charge in [0.25, 0.3) is 0 Å². The SMILES string of the molecule is CCN1C/C(=C/c2csnn2)C(=O)/C(=C\c2csnn2)C1. The van der Waals surface area contributed by atoms with Crippen molar-refractivity contribution in [2.45, 2.75) is 6.92 Å². The van der Waals surface area contributed by atoms with Crippen LogP contribution in [0.3, 0.4) is 0 Å². The maximum Gasteiger partial charge on any atom is 0.187 e. The summed E-state index contributed by atoms with van der Waals surface area (Å²) in [4.78, 5) is 14.8. The van der Waals surface area contributed by atoms with Crippen LogP contribution >= 0.6 is 23.1 Å². The second kappa shape index (κ2) is 6.33. The normalized spacial score (nSPS) is 20.5. The molecule has 0 unspecified atom stereocenters. The summed E-state index contributed by atoms with van der Waals surface area (Å²) in [6.07, 6.45) is 3.64. The van der Waals surface area contributed by atoms with Crippen LogP contribution in [0.1, 0.15) is 18.3 Å². The molecular weight excluding hydrogens is 306 g/mol. The monoisotopic (exact) mass is 319 g/mol. The van der Waals surface area contributed by atoms with Gasteiger partial charge in [0.1, 0.15) is 0 Å². The summed E-state index contributed by atoms with van der Waals surface area (Å²) in [6.45, 7) is 4.24. The van der Waals surface area contributed by atoms with Crippen LogP contribution in [0.25, 0.3) is 12.2 Å². The molecule has 1 aliphatic heterocycles. The van der Waals surface area contributed by atoms with E-state index in [4.69, 9.17) is 0 Å². The first kappa shape index (κ1) is 14.2. The van der Waals surface area contributed by atoms with Gasteiger partial charge in [-0.3, -0.25) is 9.69 Å². The van der Waals surface area contributed by atoms with Crippen molar-refractivity contribution >= 4 is 41.0 Å². The third kappa shape index (κ3) is 3.29. The maximum atomic E-state index is 12.6. The van der Waals surface area contributed by atoms with Crippen molar-refractivity contribution in [2.24, 2.45) is 0 Å². The Balaban J connectivity index is 1.93. The molecule has 0 atom stereocenters. The Morgan fingerprint density at radius 2 is 1.62 bits per heavy atom. The van der Waals surface area contributed by atoms with Crippen molar-refractivity contribution in [1.82, 2.24) is 24.1 Å². The zero-order chi connectivity index (χ0) is 14.7. The van der Waals surface area contributed by atoms with E-state index in [2.05, 4.69) is 31.0 Å². The molecule has 0 spiro atoms. The molecule has 0 bridgehead atoms. The Morgan fingerprint density at radius 3 is 2.00 bits per heavy atom. The predicted molar refractivity (Wildman–Crippen MR) is 82.9 cm³/mol. The summed E-state index contributed by atoms with van der Waals surface area (Å²) < 4.78 is 7.64. The first-order valence-electron chi connectivity index (χ1n) is 6.48. The van der Waals surface area contributed by atoms with Crippen molar-refractivity contribution in [2.75, 3.05) is 19.6 Å². The van der Waals surface area contributed by atoms with E-state index in [-0.39, 0.29) is 5.78 Å². The van der Waals surface area contributed by atoms with E-state index < -0.39 is 0 Å². The number of carbonyl (C=O) groups is 1. The molecule has 6 nitrogen and oxygen atoms in total. The highest BCUT2D eigenvalue weighted by molar-refractivity contribution is 7.03. The number of ketones is 1. The molecule has 1 saturated heterocycles. The molecule has 21 heavy (non-hydrogen) atoms. The van der Waals surface area contributed by atoms with Gasteiger partial charge in [-0.2, -0.15) is 0 Å². The molecule has 108 valence electrons. The van der Waals surface area contributed by atoms with Gasteiger partial charge in [0, 0.05) is 35.0 Å². The van der Waals surface area contributed by atoms with Gasteiger partial charge < -0.3 is 0 Å². The lowest BCUT2D eigenvalue weighted by atomic mass is 9.96. The Kier molecular flexibility index (Phi) is 4.28. The van der Waals surface area contributed by atoms with Crippen molar-refractivity contribution in [3.8, 4) is 0 Å². The van der Waals surface area contributed by atoms with Gasteiger partial charge in [0.15, 0.2) is 5.78 Å². The molecule has 0 N–H and O–H groups in total. The minimum atomic E-state index is 0.0562. The fourth-order valence-electron chi connectivity index (χ4n) is 2.16. The molecule has 3 heterocycles. The molecule has 2 aromatic rings. The molecule has 0 aliphatic carbocycles. The zero-order valence-electron chi connectivity index (χ0n) is 11.4. The number of likely N-dealkylation sites (N-methyl/N-ethyl adjacent to an activating group) is 1. The number of Topliss-reactive ketones (excluding diaryl/α,β-unsaturated/α-hetero) is 1. The molecule has 0 saturated carbocycles. The fraction of sp³-hybridized carbons (Fsp3) is 0.308. The highest BCUT2D eigenvalue weighted by Crippen LogP contribution is 2.21. The van der Waals surface area contributed by atoms with Crippen LogP contribution in [0.2, 0.25) is 0 Å². The lowest BCUT2D eigenvalue weighted by Crippen LogP contribution is -2.37. The lowest BCUT2D eigenvalue weighted by molar-refractivity contribution is -0.113. The summed E-state index contributed by atoms with van der Waals surface area (Å²) in [5.74, 6) is 0.0562. The summed E-state index contributed by atoms with van der Waals surface area (Å²) in [5, 5.41) is 11.6. The van der Waals surface area contributed by atoms with E-state index in [9.17, 15) is 4.79 Å². The molecule has 1 aliphatic rings. The van der Waals surface area contributed by atoms with E-state index in [1.54, 1.807) is 0 Å². The quantitative estimate of drug-likeness (QED) is 0.803. The largest absolute Gasteiger partial charge is 0.295 e. The molecule has 2 aromatic heterocycles. The van der Waals surface area contributed by atoms with E-state index in [1.807, 2.05) is 22.9 Å². The van der Waals surface area contributed by atoms with Gasteiger partial charge in [-0.1, -0.05) is 15.9 Å². The zero-order valence-corrected chi connectivity index (χ0v) is 13.0. The average molecular weight is 319 g/mol. The Labute approximate surface area is 130 Å². The van der Waals surface area contributed by atoms with Gasteiger partial charge in [-0.25, -0.2) is 0 Å². The minimum Gasteiger partial charge on any atom is -0.295 e. The van der Waals surface area contributed by atoms with Crippen LogP contribution in [-0.4, -0.2) is 49.5 Å². The van der Waals surface area contributed by atoms with Crippen LogP contribution in [0.4, 0.5) is 0 Å². The van der Waals surface area contributed by atoms with E-state index in [0.29, 0.717) is 13.1 Å². The number of piperidine rings is 1. The van der Waals surface area contributed by atoms with Gasteiger partial charge in [-0.05, 0) is 41.8 Å². The van der Waals surface area contributed by atoms with Crippen LogP contribution in [0, 0.1) is 0 Å². The Hall–Kier alpha value is -1.77. The minimum absolute atomic E-state index is 0.0562. The topological polar surface area (TPSA) is 71.9 Å². The van der Waals surface area contributed by atoms with Crippen molar-refractivity contribution in [3.63, 3.8) is 0 Å². The smallest absolute Gasteiger partial charge is 0.187 e. The van der Waals surface area contributed by atoms with Gasteiger partial charge >= 0.3 is 0 Å². The van der Waals surface area contributed by atoms with Crippen molar-refractivity contribution in [1.29, 1.82) is 0 Å². The Morgan fingerprint density at radius 1 is 1.10 bits per heavy atom. The molecule has 1 fully saturated rings. The lowest BCUT2D eigenvalue weighted by Gasteiger charge is -2.28. The van der Waals surface area contributed by atoms with Crippen LogP contribution < -0.4 is 0 Å². The summed E-state index contributed by atoms with van der Waals surface area (Å²) >= 11 is 2.56. The first-order chi connectivity index (χ1) is 10.3. The molecule has 3 rings (SSSR count). The number of rotatable bonds is 3. The van der Waals surface area contributed by atoms with Crippen molar-refractivity contribution < 1.29 is 4.79 Å². The van der Waals surface area contributed by atoms with Gasteiger partial charge in [-0.15, -0.1) is 10.2 Å². The number of carbonyl (C=O) groups excluding carboxylic acids is 1. The Bertz CT molecular complexity index is 619. The van der Waals surface area contributed by atoms with Crippen molar-refractivity contribution in [3.05, 3.63) is 33.3 Å². The second-order valence-electron chi connectivity index (χ2n) is 4.63. The van der Waals surface area contributed by atoms with Crippen LogP contribution in [-0.2, 0) is 4.79 Å². The maximum absolute atomic E-state index is 12.6. The number of aromatic nitrogens is 4. The number of hydrogen-bond donors (Lipinski definition) is 0. The number of likely N-dealkylation sites (tertiary alicyclic amines) is 1. The van der Waals surface area contributed by atoms with Crippen LogP contribution in [0.5, 0.6) is 0 Å². The molecule has 8 heteroatoms. The molecule has 0 amide bonds.